The summed E-state index contributed by atoms with van der Waals surface area (Å²) >= 11 is 0. The molecule has 1 N–H and O–H groups in total. The van der Waals surface area contributed by atoms with Gasteiger partial charge in [0, 0.05) is 11.1 Å². The molecule has 0 bridgehead atoms. The third-order valence-corrected chi connectivity index (χ3v) is 2.02. The topological polar surface area (TPSA) is 33.4 Å². The minimum absolute atomic E-state index is 0.277. The summed E-state index contributed by atoms with van der Waals surface area (Å²) in [6, 6.07) is 8.07. The van der Waals surface area contributed by atoms with Crippen molar-refractivity contribution in [2.45, 2.75) is 6.61 Å². The van der Waals surface area contributed by atoms with Crippen LogP contribution in [0.2, 0.25) is 0 Å². The van der Waals surface area contributed by atoms with Gasteiger partial charge >= 0.3 is 0 Å². The second-order valence-electron chi connectivity index (χ2n) is 2.94. The average molecular weight is 192 g/mol. The van der Waals surface area contributed by atoms with E-state index in [1.54, 1.807) is 30.5 Å². The molecular weight excluding hydrogens is 183 g/mol. The molecule has 1 aromatic carbocycles. The molecule has 2 rings (SSSR count). The van der Waals surface area contributed by atoms with Crippen LogP contribution in [0.1, 0.15) is 5.56 Å². The van der Waals surface area contributed by atoms with Crippen LogP contribution in [0.4, 0.5) is 4.39 Å². The third-order valence-electron chi connectivity index (χ3n) is 2.02. The fourth-order valence-electron chi connectivity index (χ4n) is 1.29. The molecule has 0 aliphatic rings. The molecule has 0 aliphatic heterocycles. The summed E-state index contributed by atoms with van der Waals surface area (Å²) in [6.07, 6.45) is 1.55. The molecule has 0 amide bonds. The van der Waals surface area contributed by atoms with E-state index in [0.717, 1.165) is 5.56 Å². The van der Waals surface area contributed by atoms with Crippen LogP contribution in [0.5, 0.6) is 0 Å². The van der Waals surface area contributed by atoms with Crippen LogP contribution in [0, 0.1) is 5.82 Å². The standard InChI is InChI=1S/C11H9FO2/c12-10-4-3-8(6-9(10)7-13)11-2-1-5-14-11/h1-6,13H,7H2. The van der Waals surface area contributed by atoms with E-state index in [1.165, 1.54) is 6.07 Å². The van der Waals surface area contributed by atoms with Crippen LogP contribution in [-0.2, 0) is 6.61 Å². The van der Waals surface area contributed by atoms with Gasteiger partial charge in [-0.2, -0.15) is 0 Å². The van der Waals surface area contributed by atoms with Crippen LogP contribution in [0.25, 0.3) is 11.3 Å². The molecule has 1 heterocycles. The number of hydrogen-bond acceptors (Lipinski definition) is 2. The maximum absolute atomic E-state index is 13.0. The summed E-state index contributed by atoms with van der Waals surface area (Å²) in [4.78, 5) is 0. The van der Waals surface area contributed by atoms with Crippen LogP contribution >= 0.6 is 0 Å². The van der Waals surface area contributed by atoms with E-state index < -0.39 is 5.82 Å². The molecule has 0 radical (unpaired) electrons. The van der Waals surface area contributed by atoms with E-state index in [2.05, 4.69) is 0 Å². The van der Waals surface area contributed by atoms with Crippen molar-refractivity contribution in [3.8, 4) is 11.3 Å². The van der Waals surface area contributed by atoms with Crippen molar-refractivity contribution < 1.29 is 13.9 Å². The Hall–Kier alpha value is -1.61. The minimum Gasteiger partial charge on any atom is -0.464 e. The Morgan fingerprint density at radius 3 is 2.79 bits per heavy atom. The Bertz CT molecular complexity index is 421. The summed E-state index contributed by atoms with van der Waals surface area (Å²) in [5.41, 5.74) is 1.04. The number of furan rings is 1. The summed E-state index contributed by atoms with van der Waals surface area (Å²) in [5, 5.41) is 8.87. The van der Waals surface area contributed by atoms with Gasteiger partial charge in [0.25, 0.3) is 0 Å². The number of halogens is 1. The predicted molar refractivity (Wildman–Crippen MR) is 50.0 cm³/mol. The molecule has 1 aromatic heterocycles. The Balaban J connectivity index is 2.46. The second-order valence-corrected chi connectivity index (χ2v) is 2.94. The first kappa shape index (κ1) is 8.97. The molecule has 2 nitrogen and oxygen atoms in total. The maximum atomic E-state index is 13.0. The van der Waals surface area contributed by atoms with Gasteiger partial charge in [0.2, 0.25) is 0 Å². The number of benzene rings is 1. The van der Waals surface area contributed by atoms with Crippen LogP contribution in [0.3, 0.4) is 0 Å². The van der Waals surface area contributed by atoms with Crippen molar-refractivity contribution in [2.24, 2.45) is 0 Å². The molecular formula is C11H9FO2. The van der Waals surface area contributed by atoms with Gasteiger partial charge in [-0.05, 0) is 30.3 Å². The number of aliphatic hydroxyl groups excluding tert-OH is 1. The van der Waals surface area contributed by atoms with Crippen LogP contribution in [0.15, 0.2) is 41.0 Å². The predicted octanol–water partition coefficient (Wildman–Crippen LogP) is 2.58. The highest BCUT2D eigenvalue weighted by Gasteiger charge is 2.05. The molecule has 14 heavy (non-hydrogen) atoms. The van der Waals surface area contributed by atoms with Crippen LogP contribution in [-0.4, -0.2) is 5.11 Å². The zero-order chi connectivity index (χ0) is 9.97. The van der Waals surface area contributed by atoms with Crippen molar-refractivity contribution in [3.63, 3.8) is 0 Å². The van der Waals surface area contributed by atoms with E-state index in [4.69, 9.17) is 9.52 Å². The Labute approximate surface area is 80.6 Å². The second kappa shape index (κ2) is 3.64. The summed E-state index contributed by atoms with van der Waals surface area (Å²) in [6.45, 7) is -0.305. The lowest BCUT2D eigenvalue weighted by Gasteiger charge is -2.01. The van der Waals surface area contributed by atoms with E-state index in [-0.39, 0.29) is 12.2 Å². The van der Waals surface area contributed by atoms with Crippen molar-refractivity contribution in [1.82, 2.24) is 0 Å². The summed E-state index contributed by atoms with van der Waals surface area (Å²) in [5.74, 6) is 0.266. The van der Waals surface area contributed by atoms with Crippen molar-refractivity contribution in [1.29, 1.82) is 0 Å². The largest absolute Gasteiger partial charge is 0.464 e. The third kappa shape index (κ3) is 1.54. The monoisotopic (exact) mass is 192 g/mol. The van der Waals surface area contributed by atoms with Crippen molar-refractivity contribution in [2.75, 3.05) is 0 Å². The van der Waals surface area contributed by atoms with Gasteiger partial charge in [-0.1, -0.05) is 0 Å². The van der Waals surface area contributed by atoms with Gasteiger partial charge in [0.05, 0.1) is 12.9 Å². The molecule has 2 aromatic rings. The first-order valence-corrected chi connectivity index (χ1v) is 4.24. The molecule has 72 valence electrons. The lowest BCUT2D eigenvalue weighted by atomic mass is 10.1. The Morgan fingerprint density at radius 2 is 2.14 bits per heavy atom. The Morgan fingerprint density at radius 1 is 1.29 bits per heavy atom. The van der Waals surface area contributed by atoms with Crippen molar-refractivity contribution >= 4 is 0 Å². The van der Waals surface area contributed by atoms with E-state index in [1.807, 2.05) is 0 Å². The van der Waals surface area contributed by atoms with Crippen LogP contribution < -0.4 is 0 Å². The molecule has 0 spiro atoms. The number of hydrogen-bond donors (Lipinski definition) is 1. The zero-order valence-electron chi connectivity index (χ0n) is 7.40. The van der Waals surface area contributed by atoms with Gasteiger partial charge in [0.1, 0.15) is 11.6 Å². The Kier molecular flexibility index (Phi) is 2.33. The summed E-state index contributed by atoms with van der Waals surface area (Å²) < 4.78 is 18.2. The van der Waals surface area contributed by atoms with E-state index >= 15 is 0 Å². The van der Waals surface area contributed by atoms with Gasteiger partial charge < -0.3 is 9.52 Å². The highest BCUT2D eigenvalue weighted by molar-refractivity contribution is 5.58. The maximum Gasteiger partial charge on any atom is 0.133 e. The van der Waals surface area contributed by atoms with Gasteiger partial charge in [0.15, 0.2) is 0 Å². The first-order chi connectivity index (χ1) is 6.81. The highest BCUT2D eigenvalue weighted by Crippen LogP contribution is 2.22. The van der Waals surface area contributed by atoms with Gasteiger partial charge in [-0.3, -0.25) is 0 Å². The molecule has 0 saturated heterocycles. The fourth-order valence-corrected chi connectivity index (χ4v) is 1.29. The highest BCUT2D eigenvalue weighted by atomic mass is 19.1. The molecule has 0 aliphatic carbocycles. The SMILES string of the molecule is OCc1cc(-c2ccco2)ccc1F. The molecule has 3 heteroatoms. The van der Waals surface area contributed by atoms with E-state index in [9.17, 15) is 4.39 Å². The summed E-state index contributed by atoms with van der Waals surface area (Å²) in [7, 11) is 0. The normalized spacial score (nSPS) is 10.4. The molecule has 0 atom stereocenters. The zero-order valence-corrected chi connectivity index (χ0v) is 7.40. The molecule has 0 fully saturated rings. The van der Waals surface area contributed by atoms with E-state index in [0.29, 0.717) is 5.76 Å². The lowest BCUT2D eigenvalue weighted by Crippen LogP contribution is -1.89. The minimum atomic E-state index is -0.400. The molecule has 0 unspecified atom stereocenters. The smallest absolute Gasteiger partial charge is 0.133 e. The lowest BCUT2D eigenvalue weighted by molar-refractivity contribution is 0.276. The average Bonchev–Trinajstić information content (AvgIpc) is 2.71. The van der Waals surface area contributed by atoms with Gasteiger partial charge in [-0.25, -0.2) is 4.39 Å². The first-order valence-electron chi connectivity index (χ1n) is 4.24. The van der Waals surface area contributed by atoms with Gasteiger partial charge in [-0.15, -0.1) is 0 Å². The van der Waals surface area contributed by atoms with Crippen molar-refractivity contribution in [3.05, 3.63) is 48.0 Å². The quantitative estimate of drug-likeness (QED) is 0.793. The number of aliphatic hydroxyl groups is 1. The number of rotatable bonds is 2. The molecule has 0 saturated carbocycles. The fraction of sp³-hybridized carbons (Fsp3) is 0.0909.